The molecule has 0 saturated carbocycles. The van der Waals surface area contributed by atoms with E-state index in [9.17, 15) is 0 Å². The lowest BCUT2D eigenvalue weighted by Crippen LogP contribution is -1.95. The molecular formula is C16H16N4. The zero-order valence-corrected chi connectivity index (χ0v) is 11.5. The summed E-state index contributed by atoms with van der Waals surface area (Å²) >= 11 is 0. The number of aromatic nitrogens is 2. The second kappa shape index (κ2) is 4.81. The van der Waals surface area contributed by atoms with E-state index in [2.05, 4.69) is 46.6 Å². The maximum atomic E-state index is 5.44. The van der Waals surface area contributed by atoms with Crippen LogP contribution in [0.4, 0.5) is 5.69 Å². The van der Waals surface area contributed by atoms with E-state index in [0.29, 0.717) is 0 Å². The van der Waals surface area contributed by atoms with Crippen molar-refractivity contribution in [3.63, 3.8) is 0 Å². The smallest absolute Gasteiger partial charge is 0.100 e. The van der Waals surface area contributed by atoms with Crippen LogP contribution < -0.4 is 5.73 Å². The Labute approximate surface area is 117 Å². The lowest BCUT2D eigenvalue weighted by molar-refractivity contribution is 1.08. The monoisotopic (exact) mass is 264 g/mol. The fourth-order valence-electron chi connectivity index (χ4n) is 2.33. The van der Waals surface area contributed by atoms with Crippen molar-refractivity contribution < 1.29 is 0 Å². The minimum Gasteiger partial charge on any atom is -0.390 e. The minimum absolute atomic E-state index is 0.832. The quantitative estimate of drug-likeness (QED) is 0.570. The number of rotatable bonds is 2. The number of hydrogen-bond donors (Lipinski definition) is 1. The summed E-state index contributed by atoms with van der Waals surface area (Å²) in [6.07, 6.45) is 3.15. The maximum Gasteiger partial charge on any atom is 0.100 e. The van der Waals surface area contributed by atoms with E-state index in [4.69, 9.17) is 5.73 Å². The van der Waals surface area contributed by atoms with Crippen molar-refractivity contribution in [1.29, 1.82) is 0 Å². The fourth-order valence-corrected chi connectivity index (χ4v) is 2.33. The van der Waals surface area contributed by atoms with Gasteiger partial charge in [-0.25, -0.2) is 9.98 Å². The molecule has 0 aliphatic rings. The van der Waals surface area contributed by atoms with Gasteiger partial charge in [-0.1, -0.05) is 12.1 Å². The Morgan fingerprint density at radius 3 is 2.65 bits per heavy atom. The Morgan fingerprint density at radius 2 is 1.85 bits per heavy atom. The van der Waals surface area contributed by atoms with Crippen LogP contribution in [0.3, 0.4) is 0 Å². The Balaban J connectivity index is 2.30. The van der Waals surface area contributed by atoms with Crippen LogP contribution in [0.1, 0.15) is 11.1 Å². The van der Waals surface area contributed by atoms with E-state index >= 15 is 0 Å². The average Bonchev–Trinajstić information content (AvgIpc) is 2.84. The van der Waals surface area contributed by atoms with Gasteiger partial charge in [0.1, 0.15) is 6.33 Å². The third-order valence-electron chi connectivity index (χ3n) is 3.31. The molecule has 0 saturated heterocycles. The highest BCUT2D eigenvalue weighted by molar-refractivity contribution is 5.80. The Kier molecular flexibility index (Phi) is 2.99. The van der Waals surface area contributed by atoms with E-state index in [1.54, 1.807) is 0 Å². The molecule has 0 radical (unpaired) electrons. The topological polar surface area (TPSA) is 56.2 Å². The van der Waals surface area contributed by atoms with Crippen molar-refractivity contribution in [2.75, 3.05) is 0 Å². The van der Waals surface area contributed by atoms with Gasteiger partial charge >= 0.3 is 0 Å². The predicted molar refractivity (Wildman–Crippen MR) is 82.9 cm³/mol. The van der Waals surface area contributed by atoms with Gasteiger partial charge < -0.3 is 5.73 Å². The molecule has 0 aliphatic carbocycles. The van der Waals surface area contributed by atoms with Gasteiger partial charge in [-0.05, 0) is 49.2 Å². The van der Waals surface area contributed by atoms with Gasteiger partial charge in [0.2, 0.25) is 0 Å². The van der Waals surface area contributed by atoms with E-state index in [-0.39, 0.29) is 0 Å². The van der Waals surface area contributed by atoms with Crippen molar-refractivity contribution >= 4 is 23.1 Å². The standard InChI is InChI=1S/C16H16N4/c1-11-3-5-13(18-9-17)15(7-11)20-10-19-14-6-4-12(2)8-16(14)20/h3-10H,1-2H3,(H2,17,18). The summed E-state index contributed by atoms with van der Waals surface area (Å²) in [5.74, 6) is 0. The van der Waals surface area contributed by atoms with Crippen LogP contribution in [0.2, 0.25) is 0 Å². The molecular weight excluding hydrogens is 248 g/mol. The Morgan fingerprint density at radius 1 is 1.10 bits per heavy atom. The maximum absolute atomic E-state index is 5.44. The largest absolute Gasteiger partial charge is 0.390 e. The van der Waals surface area contributed by atoms with E-state index < -0.39 is 0 Å². The number of aryl methyl sites for hydroxylation is 2. The molecule has 3 aromatic rings. The lowest BCUT2D eigenvalue weighted by Gasteiger charge is -2.09. The first-order valence-electron chi connectivity index (χ1n) is 6.48. The third kappa shape index (κ3) is 2.05. The number of aliphatic imine (C=N–C) groups is 1. The van der Waals surface area contributed by atoms with Crippen molar-refractivity contribution in [2.24, 2.45) is 10.7 Å². The summed E-state index contributed by atoms with van der Waals surface area (Å²) < 4.78 is 2.05. The van der Waals surface area contributed by atoms with Gasteiger partial charge in [0.05, 0.1) is 28.7 Å². The summed E-state index contributed by atoms with van der Waals surface area (Å²) in [5, 5.41) is 0. The van der Waals surface area contributed by atoms with Gasteiger partial charge in [0.25, 0.3) is 0 Å². The van der Waals surface area contributed by atoms with Crippen LogP contribution in [0.5, 0.6) is 0 Å². The molecule has 0 amide bonds. The summed E-state index contributed by atoms with van der Waals surface area (Å²) in [6, 6.07) is 12.3. The fraction of sp³-hybridized carbons (Fsp3) is 0.125. The molecule has 4 heteroatoms. The van der Waals surface area contributed by atoms with Crippen molar-refractivity contribution in [3.8, 4) is 5.69 Å². The van der Waals surface area contributed by atoms with Crippen LogP contribution in [0.25, 0.3) is 16.7 Å². The highest BCUT2D eigenvalue weighted by Gasteiger charge is 2.09. The number of hydrogen-bond acceptors (Lipinski definition) is 2. The molecule has 0 fully saturated rings. The molecule has 100 valence electrons. The molecule has 0 bridgehead atoms. The highest BCUT2D eigenvalue weighted by Crippen LogP contribution is 2.28. The first-order valence-corrected chi connectivity index (χ1v) is 6.48. The molecule has 0 aliphatic heterocycles. The van der Waals surface area contributed by atoms with Crippen LogP contribution in [-0.2, 0) is 0 Å². The molecule has 20 heavy (non-hydrogen) atoms. The van der Waals surface area contributed by atoms with Crippen molar-refractivity contribution in [3.05, 3.63) is 53.9 Å². The molecule has 4 nitrogen and oxygen atoms in total. The molecule has 3 rings (SSSR count). The second-order valence-corrected chi connectivity index (χ2v) is 4.88. The summed E-state index contributed by atoms with van der Waals surface area (Å²) in [6.45, 7) is 4.13. The molecule has 1 aromatic heterocycles. The number of imidazole rings is 1. The zero-order chi connectivity index (χ0) is 14.1. The summed E-state index contributed by atoms with van der Waals surface area (Å²) in [5.41, 5.74) is 11.7. The molecule has 2 N–H and O–H groups in total. The van der Waals surface area contributed by atoms with Crippen LogP contribution in [-0.4, -0.2) is 15.9 Å². The summed E-state index contributed by atoms with van der Waals surface area (Å²) in [4.78, 5) is 8.68. The van der Waals surface area contributed by atoms with Crippen molar-refractivity contribution in [2.45, 2.75) is 13.8 Å². The first-order chi connectivity index (χ1) is 9.69. The van der Waals surface area contributed by atoms with Crippen LogP contribution in [0.15, 0.2) is 47.7 Å². The van der Waals surface area contributed by atoms with E-state index in [0.717, 1.165) is 22.4 Å². The van der Waals surface area contributed by atoms with Crippen LogP contribution >= 0.6 is 0 Å². The lowest BCUT2D eigenvalue weighted by atomic mass is 10.1. The molecule has 1 heterocycles. The highest BCUT2D eigenvalue weighted by atomic mass is 15.1. The van der Waals surface area contributed by atoms with Gasteiger partial charge in [-0.2, -0.15) is 0 Å². The van der Waals surface area contributed by atoms with E-state index in [1.807, 2.05) is 24.5 Å². The molecule has 2 aromatic carbocycles. The molecule has 0 atom stereocenters. The van der Waals surface area contributed by atoms with Gasteiger partial charge in [-0.3, -0.25) is 4.57 Å². The van der Waals surface area contributed by atoms with Crippen LogP contribution in [0, 0.1) is 13.8 Å². The van der Waals surface area contributed by atoms with Gasteiger partial charge in [0, 0.05) is 0 Å². The molecule has 0 spiro atoms. The Hall–Kier alpha value is -2.62. The normalized spacial score (nSPS) is 11.5. The van der Waals surface area contributed by atoms with E-state index in [1.165, 1.54) is 17.5 Å². The number of benzene rings is 2. The van der Waals surface area contributed by atoms with Gasteiger partial charge in [0.15, 0.2) is 0 Å². The van der Waals surface area contributed by atoms with Crippen molar-refractivity contribution in [1.82, 2.24) is 9.55 Å². The second-order valence-electron chi connectivity index (χ2n) is 4.88. The Bertz CT molecular complexity index is 799. The SMILES string of the molecule is Cc1ccc(N=CN)c(-n2cnc3ccc(C)cc32)c1. The number of nitrogens with two attached hydrogens (primary N) is 1. The predicted octanol–water partition coefficient (Wildman–Crippen LogP) is 3.26. The zero-order valence-electron chi connectivity index (χ0n) is 11.5. The average molecular weight is 264 g/mol. The first kappa shape index (κ1) is 12.4. The third-order valence-corrected chi connectivity index (χ3v) is 3.31. The summed E-state index contributed by atoms with van der Waals surface area (Å²) in [7, 11) is 0. The minimum atomic E-state index is 0.832. The number of fused-ring (bicyclic) bond motifs is 1. The van der Waals surface area contributed by atoms with Gasteiger partial charge in [-0.15, -0.1) is 0 Å². The number of nitrogens with zero attached hydrogens (tertiary/aromatic N) is 3. The molecule has 0 unspecified atom stereocenters.